The van der Waals surface area contributed by atoms with Crippen LogP contribution in [-0.4, -0.2) is 10.2 Å². The zero-order valence-electron chi connectivity index (χ0n) is 12.2. The van der Waals surface area contributed by atoms with Crippen LogP contribution in [-0.2, 0) is 0 Å². The van der Waals surface area contributed by atoms with Crippen LogP contribution < -0.4 is 5.32 Å². The van der Waals surface area contributed by atoms with E-state index in [1.807, 2.05) is 20.8 Å². The van der Waals surface area contributed by atoms with E-state index in [1.165, 1.54) is 5.56 Å². The molecule has 20 heavy (non-hydrogen) atoms. The second-order valence-electron chi connectivity index (χ2n) is 5.02. The number of aromatic nitrogens is 2. The van der Waals surface area contributed by atoms with Crippen molar-refractivity contribution in [1.29, 1.82) is 5.26 Å². The van der Waals surface area contributed by atoms with E-state index in [4.69, 9.17) is 0 Å². The van der Waals surface area contributed by atoms with E-state index in [0.29, 0.717) is 11.4 Å². The van der Waals surface area contributed by atoms with Gasteiger partial charge in [0.2, 0.25) is 0 Å². The van der Waals surface area contributed by atoms with Gasteiger partial charge >= 0.3 is 0 Å². The zero-order valence-corrected chi connectivity index (χ0v) is 12.2. The van der Waals surface area contributed by atoms with Gasteiger partial charge in [0.05, 0.1) is 11.7 Å². The van der Waals surface area contributed by atoms with Gasteiger partial charge in [0, 0.05) is 0 Å². The average molecular weight is 266 g/mol. The predicted molar refractivity (Wildman–Crippen MR) is 79.4 cm³/mol. The molecule has 0 aliphatic carbocycles. The van der Waals surface area contributed by atoms with Crippen molar-refractivity contribution in [2.45, 2.75) is 33.7 Å². The van der Waals surface area contributed by atoms with E-state index in [9.17, 15) is 5.26 Å². The van der Waals surface area contributed by atoms with Crippen LogP contribution in [0.4, 0.5) is 5.82 Å². The Bertz CT molecular complexity index is 653. The average Bonchev–Trinajstić information content (AvgIpc) is 2.44. The maximum absolute atomic E-state index is 9.29. The third-order valence-electron chi connectivity index (χ3n) is 3.50. The Morgan fingerprint density at radius 2 is 1.75 bits per heavy atom. The van der Waals surface area contributed by atoms with E-state index in [1.54, 1.807) is 0 Å². The second kappa shape index (κ2) is 5.70. The van der Waals surface area contributed by atoms with Gasteiger partial charge in [-0.25, -0.2) is 0 Å². The van der Waals surface area contributed by atoms with Crippen molar-refractivity contribution in [3.63, 3.8) is 0 Å². The summed E-state index contributed by atoms with van der Waals surface area (Å²) >= 11 is 0. The first kappa shape index (κ1) is 14.0. The quantitative estimate of drug-likeness (QED) is 0.924. The van der Waals surface area contributed by atoms with Crippen LogP contribution in [0.25, 0.3) is 0 Å². The summed E-state index contributed by atoms with van der Waals surface area (Å²) in [5, 5.41) is 20.7. The molecular weight excluding hydrogens is 248 g/mol. The molecule has 0 saturated heterocycles. The summed E-state index contributed by atoms with van der Waals surface area (Å²) in [5.41, 5.74) is 4.61. The number of nitriles is 1. The van der Waals surface area contributed by atoms with Gasteiger partial charge in [0.25, 0.3) is 0 Å². The highest BCUT2D eigenvalue weighted by Gasteiger charge is 2.13. The molecule has 0 amide bonds. The minimum Gasteiger partial charge on any atom is -0.361 e. The summed E-state index contributed by atoms with van der Waals surface area (Å²) in [4.78, 5) is 0. The van der Waals surface area contributed by atoms with E-state index in [-0.39, 0.29) is 6.04 Å². The summed E-state index contributed by atoms with van der Waals surface area (Å²) in [6, 6.07) is 10.6. The number of nitrogens with one attached hydrogen (secondary N) is 1. The van der Waals surface area contributed by atoms with Crippen LogP contribution in [0.5, 0.6) is 0 Å². The second-order valence-corrected chi connectivity index (χ2v) is 5.02. The van der Waals surface area contributed by atoms with Gasteiger partial charge in [-0.2, -0.15) is 10.4 Å². The number of hydrogen-bond acceptors (Lipinski definition) is 4. The molecule has 1 N–H and O–H groups in total. The molecule has 0 aliphatic rings. The smallest absolute Gasteiger partial charge is 0.167 e. The lowest BCUT2D eigenvalue weighted by molar-refractivity contribution is 0.849. The van der Waals surface area contributed by atoms with Crippen molar-refractivity contribution in [2.24, 2.45) is 0 Å². The van der Waals surface area contributed by atoms with E-state index in [2.05, 4.69) is 52.8 Å². The lowest BCUT2D eigenvalue weighted by Crippen LogP contribution is -2.11. The summed E-state index contributed by atoms with van der Waals surface area (Å²) in [5.74, 6) is 0.545. The topological polar surface area (TPSA) is 61.6 Å². The van der Waals surface area contributed by atoms with Crippen molar-refractivity contribution < 1.29 is 0 Å². The number of aryl methyl sites for hydroxylation is 2. The summed E-state index contributed by atoms with van der Waals surface area (Å²) in [7, 11) is 0. The van der Waals surface area contributed by atoms with Gasteiger partial charge < -0.3 is 5.32 Å². The Labute approximate surface area is 119 Å². The Hall–Kier alpha value is -2.41. The van der Waals surface area contributed by atoms with E-state index >= 15 is 0 Å². The van der Waals surface area contributed by atoms with E-state index < -0.39 is 0 Å². The first-order valence-corrected chi connectivity index (χ1v) is 6.60. The molecule has 0 radical (unpaired) electrons. The number of benzene rings is 1. The van der Waals surface area contributed by atoms with Gasteiger partial charge in [-0.05, 0) is 38.8 Å². The minimum atomic E-state index is 0.0686. The monoisotopic (exact) mass is 266 g/mol. The third kappa shape index (κ3) is 2.77. The summed E-state index contributed by atoms with van der Waals surface area (Å²) < 4.78 is 0. The van der Waals surface area contributed by atoms with Gasteiger partial charge in [0.1, 0.15) is 11.6 Å². The van der Waals surface area contributed by atoms with Crippen LogP contribution in [0.15, 0.2) is 24.3 Å². The molecule has 1 aromatic carbocycles. The fourth-order valence-electron chi connectivity index (χ4n) is 1.99. The molecule has 1 heterocycles. The van der Waals surface area contributed by atoms with Crippen LogP contribution in [0.3, 0.4) is 0 Å². The standard InChI is InChI=1S/C16H18N4/c1-10-5-7-14(8-6-10)13(4)18-16-15(9-17)11(2)12(3)19-20-16/h5-8,13H,1-4H3,(H,18,20). The first-order chi connectivity index (χ1) is 9.52. The van der Waals surface area contributed by atoms with E-state index in [0.717, 1.165) is 16.8 Å². The van der Waals surface area contributed by atoms with Crippen LogP contribution in [0, 0.1) is 32.1 Å². The minimum absolute atomic E-state index is 0.0686. The number of nitrogens with zero attached hydrogens (tertiary/aromatic N) is 3. The lowest BCUT2D eigenvalue weighted by atomic mass is 10.1. The predicted octanol–water partition coefficient (Wildman–Crippen LogP) is 3.45. The van der Waals surface area contributed by atoms with Gasteiger partial charge in [0.15, 0.2) is 5.82 Å². The zero-order chi connectivity index (χ0) is 14.7. The Kier molecular flexibility index (Phi) is 3.99. The largest absolute Gasteiger partial charge is 0.361 e. The Morgan fingerprint density at radius 3 is 2.35 bits per heavy atom. The normalized spacial score (nSPS) is 11.8. The molecule has 0 bridgehead atoms. The van der Waals surface area contributed by atoms with Crippen molar-refractivity contribution in [2.75, 3.05) is 5.32 Å². The lowest BCUT2D eigenvalue weighted by Gasteiger charge is -2.16. The molecule has 4 heteroatoms. The molecule has 2 aromatic rings. The molecule has 2 rings (SSSR count). The van der Waals surface area contributed by atoms with Crippen molar-refractivity contribution >= 4 is 5.82 Å². The highest BCUT2D eigenvalue weighted by molar-refractivity contribution is 5.56. The fourth-order valence-corrected chi connectivity index (χ4v) is 1.99. The van der Waals surface area contributed by atoms with Gasteiger partial charge in [-0.15, -0.1) is 5.10 Å². The van der Waals surface area contributed by atoms with Crippen molar-refractivity contribution in [1.82, 2.24) is 10.2 Å². The number of rotatable bonds is 3. The summed E-state index contributed by atoms with van der Waals surface area (Å²) in [6.45, 7) is 7.85. The van der Waals surface area contributed by atoms with Crippen LogP contribution in [0.2, 0.25) is 0 Å². The molecule has 0 fully saturated rings. The highest BCUT2D eigenvalue weighted by atomic mass is 15.2. The molecular formula is C16H18N4. The number of hydrogen-bond donors (Lipinski definition) is 1. The van der Waals surface area contributed by atoms with Crippen LogP contribution >= 0.6 is 0 Å². The third-order valence-corrected chi connectivity index (χ3v) is 3.50. The molecule has 1 unspecified atom stereocenters. The number of anilines is 1. The van der Waals surface area contributed by atoms with Crippen molar-refractivity contribution in [3.05, 3.63) is 52.2 Å². The SMILES string of the molecule is Cc1ccc(C(C)Nc2nnc(C)c(C)c2C#N)cc1. The fraction of sp³-hybridized carbons (Fsp3) is 0.312. The molecule has 4 nitrogen and oxygen atoms in total. The first-order valence-electron chi connectivity index (χ1n) is 6.60. The molecule has 102 valence electrons. The Morgan fingerprint density at radius 1 is 1.10 bits per heavy atom. The molecule has 0 saturated carbocycles. The highest BCUT2D eigenvalue weighted by Crippen LogP contribution is 2.22. The Balaban J connectivity index is 2.28. The maximum Gasteiger partial charge on any atom is 0.167 e. The molecule has 0 aliphatic heterocycles. The summed E-state index contributed by atoms with van der Waals surface area (Å²) in [6.07, 6.45) is 0. The molecule has 1 aromatic heterocycles. The van der Waals surface area contributed by atoms with Crippen LogP contribution in [0.1, 0.15) is 40.9 Å². The maximum atomic E-state index is 9.29. The van der Waals surface area contributed by atoms with Crippen molar-refractivity contribution in [3.8, 4) is 6.07 Å². The molecule has 0 spiro atoms. The van der Waals surface area contributed by atoms with Gasteiger partial charge in [-0.3, -0.25) is 0 Å². The molecule has 1 atom stereocenters. The van der Waals surface area contributed by atoms with Gasteiger partial charge in [-0.1, -0.05) is 29.8 Å².